The Labute approximate surface area is 148 Å². The fraction of sp³-hybridized carbons (Fsp3) is 0.381. The fourth-order valence-electron chi connectivity index (χ4n) is 4.13. The van der Waals surface area contributed by atoms with Gasteiger partial charge in [0.1, 0.15) is 11.8 Å². The van der Waals surface area contributed by atoms with Gasteiger partial charge in [-0.2, -0.15) is 0 Å². The standard InChI is InChI=1S/C21H23NO3/c1-2-24-21(23)18-12-16-14-25-19-11-7-6-10-17(19)20(16)22(18)13-15-8-4-3-5-9-15/h3-11,16,18,20H,2,12-14H2,1H3/t16-,18-,20-/m1/s1. The molecule has 1 saturated heterocycles. The molecule has 2 heterocycles. The average Bonchev–Trinajstić information content (AvgIpc) is 3.02. The van der Waals surface area contributed by atoms with E-state index in [1.807, 2.05) is 43.3 Å². The van der Waals surface area contributed by atoms with Crippen molar-refractivity contribution in [2.45, 2.75) is 32.0 Å². The number of carbonyl (C=O) groups is 1. The Hall–Kier alpha value is -2.33. The summed E-state index contributed by atoms with van der Waals surface area (Å²) in [5.74, 6) is 1.13. The van der Waals surface area contributed by atoms with E-state index < -0.39 is 0 Å². The molecule has 0 radical (unpaired) electrons. The number of esters is 1. The lowest BCUT2D eigenvalue weighted by Crippen LogP contribution is -2.39. The smallest absolute Gasteiger partial charge is 0.323 e. The lowest BCUT2D eigenvalue weighted by molar-refractivity contribution is -0.149. The minimum atomic E-state index is -0.218. The van der Waals surface area contributed by atoms with Crippen molar-refractivity contribution in [1.29, 1.82) is 0 Å². The highest BCUT2D eigenvalue weighted by atomic mass is 16.5. The zero-order valence-electron chi connectivity index (χ0n) is 14.4. The van der Waals surface area contributed by atoms with Crippen molar-refractivity contribution in [3.8, 4) is 5.75 Å². The zero-order chi connectivity index (χ0) is 17.2. The van der Waals surface area contributed by atoms with Gasteiger partial charge < -0.3 is 9.47 Å². The van der Waals surface area contributed by atoms with E-state index in [4.69, 9.17) is 9.47 Å². The Bertz CT molecular complexity index is 746. The lowest BCUT2D eigenvalue weighted by Gasteiger charge is -2.35. The third kappa shape index (κ3) is 3.02. The van der Waals surface area contributed by atoms with E-state index in [1.54, 1.807) is 0 Å². The largest absolute Gasteiger partial charge is 0.493 e. The zero-order valence-corrected chi connectivity index (χ0v) is 14.4. The van der Waals surface area contributed by atoms with Gasteiger partial charge in [0, 0.05) is 24.1 Å². The summed E-state index contributed by atoms with van der Waals surface area (Å²) in [6.07, 6.45) is 0.782. The number of likely N-dealkylation sites (tertiary alicyclic amines) is 1. The summed E-state index contributed by atoms with van der Waals surface area (Å²) in [5.41, 5.74) is 2.39. The van der Waals surface area contributed by atoms with E-state index in [9.17, 15) is 4.79 Å². The molecule has 0 aliphatic carbocycles. The molecular formula is C21H23NO3. The maximum atomic E-state index is 12.6. The Balaban J connectivity index is 1.70. The van der Waals surface area contributed by atoms with Crippen LogP contribution in [0.15, 0.2) is 54.6 Å². The van der Waals surface area contributed by atoms with Gasteiger partial charge in [0.05, 0.1) is 13.2 Å². The summed E-state index contributed by atoms with van der Waals surface area (Å²) in [6, 6.07) is 18.5. The number of benzene rings is 2. The first kappa shape index (κ1) is 16.2. The summed E-state index contributed by atoms with van der Waals surface area (Å²) in [5, 5.41) is 0. The normalized spacial score (nSPS) is 24.9. The molecule has 2 aliphatic rings. The van der Waals surface area contributed by atoms with Gasteiger partial charge in [-0.25, -0.2) is 0 Å². The van der Waals surface area contributed by atoms with Crippen molar-refractivity contribution in [3.05, 3.63) is 65.7 Å². The summed E-state index contributed by atoms with van der Waals surface area (Å²) in [4.78, 5) is 14.9. The molecule has 2 aromatic carbocycles. The molecule has 2 aliphatic heterocycles. The molecule has 3 atom stereocenters. The summed E-state index contributed by atoms with van der Waals surface area (Å²) >= 11 is 0. The number of hydrogen-bond donors (Lipinski definition) is 0. The van der Waals surface area contributed by atoms with Gasteiger partial charge in [-0.3, -0.25) is 9.69 Å². The molecule has 0 N–H and O–H groups in total. The van der Waals surface area contributed by atoms with Crippen LogP contribution in [-0.2, 0) is 16.1 Å². The molecule has 0 amide bonds. The van der Waals surface area contributed by atoms with Crippen molar-refractivity contribution < 1.29 is 14.3 Å². The Morgan fingerprint density at radius 1 is 1.16 bits per heavy atom. The van der Waals surface area contributed by atoms with Crippen molar-refractivity contribution >= 4 is 5.97 Å². The highest BCUT2D eigenvalue weighted by Crippen LogP contribution is 2.48. The maximum absolute atomic E-state index is 12.6. The molecule has 4 rings (SSSR count). The molecule has 25 heavy (non-hydrogen) atoms. The number of rotatable bonds is 4. The van der Waals surface area contributed by atoms with Gasteiger partial charge in [-0.05, 0) is 25.0 Å². The SMILES string of the molecule is CCOC(=O)[C@H]1C[C@@H]2COc3ccccc3[C@@H]2N1Cc1ccccc1. The third-order valence-corrected chi connectivity index (χ3v) is 5.19. The Morgan fingerprint density at radius 3 is 2.72 bits per heavy atom. The van der Waals surface area contributed by atoms with Crippen LogP contribution in [0.5, 0.6) is 5.75 Å². The van der Waals surface area contributed by atoms with Crippen molar-refractivity contribution in [1.82, 2.24) is 4.90 Å². The van der Waals surface area contributed by atoms with Crippen LogP contribution >= 0.6 is 0 Å². The second-order valence-electron chi connectivity index (χ2n) is 6.72. The number of para-hydroxylation sites is 1. The minimum absolute atomic E-state index is 0.120. The van der Waals surface area contributed by atoms with E-state index in [-0.39, 0.29) is 18.1 Å². The third-order valence-electron chi connectivity index (χ3n) is 5.19. The summed E-state index contributed by atoms with van der Waals surface area (Å²) < 4.78 is 11.3. The first-order valence-corrected chi connectivity index (χ1v) is 8.96. The quantitative estimate of drug-likeness (QED) is 0.800. The number of ether oxygens (including phenoxy) is 2. The summed E-state index contributed by atoms with van der Waals surface area (Å²) in [7, 11) is 0. The number of fused-ring (bicyclic) bond motifs is 3. The molecule has 0 bridgehead atoms. The monoisotopic (exact) mass is 337 g/mol. The predicted octanol–water partition coefficient (Wildman–Crippen LogP) is 3.57. The molecule has 2 aromatic rings. The van der Waals surface area contributed by atoms with Gasteiger partial charge >= 0.3 is 5.97 Å². The van der Waals surface area contributed by atoms with Gasteiger partial charge in [0.25, 0.3) is 0 Å². The van der Waals surface area contributed by atoms with E-state index in [2.05, 4.69) is 23.1 Å². The van der Waals surface area contributed by atoms with E-state index in [0.717, 1.165) is 18.7 Å². The number of nitrogens with zero attached hydrogens (tertiary/aromatic N) is 1. The molecule has 0 unspecified atom stereocenters. The van der Waals surface area contributed by atoms with E-state index >= 15 is 0 Å². The molecule has 4 heteroatoms. The van der Waals surface area contributed by atoms with Crippen LogP contribution in [0.3, 0.4) is 0 Å². The first-order valence-electron chi connectivity index (χ1n) is 8.96. The van der Waals surface area contributed by atoms with Crippen LogP contribution in [0.2, 0.25) is 0 Å². The van der Waals surface area contributed by atoms with Crippen LogP contribution in [0.1, 0.15) is 30.5 Å². The molecule has 0 aromatic heterocycles. The van der Waals surface area contributed by atoms with Crippen LogP contribution in [-0.4, -0.2) is 30.1 Å². The average molecular weight is 337 g/mol. The van der Waals surface area contributed by atoms with E-state index in [1.165, 1.54) is 11.1 Å². The molecule has 4 nitrogen and oxygen atoms in total. The number of carbonyl (C=O) groups excluding carboxylic acids is 1. The minimum Gasteiger partial charge on any atom is -0.493 e. The predicted molar refractivity (Wildman–Crippen MR) is 95.2 cm³/mol. The molecular weight excluding hydrogens is 314 g/mol. The fourth-order valence-corrected chi connectivity index (χ4v) is 4.13. The van der Waals surface area contributed by atoms with Crippen molar-refractivity contribution in [2.75, 3.05) is 13.2 Å². The molecule has 0 saturated carbocycles. The van der Waals surface area contributed by atoms with Crippen molar-refractivity contribution in [3.63, 3.8) is 0 Å². The van der Waals surface area contributed by atoms with Crippen LogP contribution in [0.25, 0.3) is 0 Å². The van der Waals surface area contributed by atoms with Gasteiger partial charge in [-0.1, -0.05) is 48.5 Å². The topological polar surface area (TPSA) is 38.8 Å². The second-order valence-corrected chi connectivity index (χ2v) is 6.72. The Kier molecular flexibility index (Phi) is 4.45. The van der Waals surface area contributed by atoms with Crippen LogP contribution in [0.4, 0.5) is 0 Å². The van der Waals surface area contributed by atoms with Gasteiger partial charge in [0.2, 0.25) is 0 Å². The second kappa shape index (κ2) is 6.89. The van der Waals surface area contributed by atoms with Crippen molar-refractivity contribution in [2.24, 2.45) is 5.92 Å². The molecule has 1 fully saturated rings. The number of hydrogen-bond acceptors (Lipinski definition) is 4. The molecule has 130 valence electrons. The Morgan fingerprint density at radius 2 is 1.92 bits per heavy atom. The van der Waals surface area contributed by atoms with Crippen LogP contribution in [0, 0.1) is 5.92 Å². The van der Waals surface area contributed by atoms with Gasteiger partial charge in [0.15, 0.2) is 0 Å². The summed E-state index contributed by atoms with van der Waals surface area (Å²) in [6.45, 7) is 3.67. The van der Waals surface area contributed by atoms with Crippen LogP contribution < -0.4 is 4.74 Å². The molecule has 0 spiro atoms. The highest BCUT2D eigenvalue weighted by molar-refractivity contribution is 5.76. The lowest BCUT2D eigenvalue weighted by atomic mass is 9.91. The maximum Gasteiger partial charge on any atom is 0.323 e. The highest BCUT2D eigenvalue weighted by Gasteiger charge is 2.48. The first-order chi connectivity index (χ1) is 12.3. The van der Waals surface area contributed by atoms with Gasteiger partial charge in [-0.15, -0.1) is 0 Å². The van der Waals surface area contributed by atoms with E-state index in [0.29, 0.717) is 19.1 Å².